The van der Waals surface area contributed by atoms with Gasteiger partial charge in [-0.25, -0.2) is 0 Å². The van der Waals surface area contributed by atoms with Crippen LogP contribution in [0.15, 0.2) is 30.5 Å². The molecule has 2 aromatic heterocycles. The molecule has 0 N–H and O–H groups in total. The van der Waals surface area contributed by atoms with Gasteiger partial charge in [0.25, 0.3) is 0 Å². The molecule has 0 amide bonds. The van der Waals surface area contributed by atoms with Crippen LogP contribution in [0.25, 0.3) is 0 Å². The van der Waals surface area contributed by atoms with Gasteiger partial charge in [-0.1, -0.05) is 31.5 Å². The number of halogens is 3. The van der Waals surface area contributed by atoms with Crippen molar-refractivity contribution in [3.05, 3.63) is 41.6 Å². The summed E-state index contributed by atoms with van der Waals surface area (Å²) in [6.45, 7) is 11.7. The van der Waals surface area contributed by atoms with Crippen molar-refractivity contribution >= 4 is 71.0 Å². The standard InChI is InChI=1S/C9H11BrSSi.C6H3BrS.C3H9FSi/c1-12(2,3)5-4-8-6-11-7-9(8)10;1-2-5-3-8-4-6(5)7;1-5(2,3)4/h6-7H,1-3H3;1,3-4H;1-3H3. The maximum atomic E-state index is 11.8. The first-order valence-electron chi connectivity index (χ1n) is 7.45. The number of hydrogen-bond donors (Lipinski definition) is 0. The number of hydrogen-bond acceptors (Lipinski definition) is 2. The van der Waals surface area contributed by atoms with Gasteiger partial charge in [0.2, 0.25) is 8.41 Å². The topological polar surface area (TPSA) is 0 Å². The molecule has 0 radical (unpaired) electrons. The van der Waals surface area contributed by atoms with Gasteiger partial charge in [-0.2, -0.15) is 0 Å². The molecule has 0 saturated carbocycles. The van der Waals surface area contributed by atoms with Gasteiger partial charge in [0.1, 0.15) is 8.07 Å². The molecule has 0 unspecified atom stereocenters. The van der Waals surface area contributed by atoms with Gasteiger partial charge in [0.05, 0.1) is 0 Å². The van der Waals surface area contributed by atoms with Crippen LogP contribution < -0.4 is 0 Å². The van der Waals surface area contributed by atoms with Gasteiger partial charge in [0, 0.05) is 41.6 Å². The van der Waals surface area contributed by atoms with Gasteiger partial charge in [-0.3, -0.25) is 0 Å². The van der Waals surface area contributed by atoms with Crippen LogP contribution in [0, 0.1) is 23.8 Å². The molecule has 0 aliphatic carbocycles. The van der Waals surface area contributed by atoms with Gasteiger partial charge < -0.3 is 4.11 Å². The van der Waals surface area contributed by atoms with Crippen LogP contribution in [-0.2, 0) is 0 Å². The minimum absolute atomic E-state index is 0.940. The van der Waals surface area contributed by atoms with Crippen LogP contribution >= 0.6 is 54.5 Å². The summed E-state index contributed by atoms with van der Waals surface area (Å²) in [6, 6.07) is 0. The first kappa shape index (κ1) is 24.8. The zero-order valence-corrected chi connectivity index (χ0v) is 22.1. The van der Waals surface area contributed by atoms with Gasteiger partial charge >= 0.3 is 0 Å². The van der Waals surface area contributed by atoms with Crippen LogP contribution in [0.5, 0.6) is 0 Å². The van der Waals surface area contributed by atoms with E-state index in [1.807, 2.05) is 10.8 Å². The summed E-state index contributed by atoms with van der Waals surface area (Å²) in [5.41, 5.74) is 5.40. The molecule has 0 spiro atoms. The van der Waals surface area contributed by atoms with Crippen molar-refractivity contribution in [2.24, 2.45) is 0 Å². The third-order valence-corrected chi connectivity index (χ3v) is 6.24. The van der Waals surface area contributed by atoms with E-state index in [0.29, 0.717) is 0 Å². The second kappa shape index (κ2) is 11.5. The molecule has 2 aromatic rings. The highest BCUT2D eigenvalue weighted by atomic mass is 79.9. The van der Waals surface area contributed by atoms with Crippen LogP contribution in [0.1, 0.15) is 11.1 Å². The Morgan fingerprint density at radius 3 is 1.52 bits per heavy atom. The lowest BCUT2D eigenvalue weighted by molar-refractivity contribution is 0.811. The Morgan fingerprint density at radius 2 is 1.28 bits per heavy atom. The Labute approximate surface area is 178 Å². The maximum absolute atomic E-state index is 11.8. The Morgan fingerprint density at radius 1 is 0.880 bits per heavy atom. The Hall–Kier alpha value is -0.156. The highest BCUT2D eigenvalue weighted by Crippen LogP contribution is 2.20. The summed E-state index contributed by atoms with van der Waals surface area (Å²) in [7, 11) is -3.32. The molecule has 25 heavy (non-hydrogen) atoms. The van der Waals surface area contributed by atoms with Crippen molar-refractivity contribution in [2.45, 2.75) is 39.3 Å². The molecule has 0 aliphatic heterocycles. The molecule has 136 valence electrons. The minimum atomic E-state index is -2.11. The Bertz CT molecular complexity index is 745. The largest absolute Gasteiger partial charge is 0.315 e. The molecule has 0 aromatic carbocycles. The molecule has 0 aliphatic rings. The zero-order valence-electron chi connectivity index (χ0n) is 15.3. The van der Waals surface area contributed by atoms with Gasteiger partial charge in [-0.15, -0.1) is 34.6 Å². The summed E-state index contributed by atoms with van der Waals surface area (Å²) in [5.74, 6) is 5.75. The molecule has 0 fully saturated rings. The van der Waals surface area contributed by atoms with Crippen LogP contribution in [0.4, 0.5) is 4.11 Å². The molecule has 2 rings (SSSR count). The van der Waals surface area contributed by atoms with Crippen molar-refractivity contribution in [3.8, 4) is 23.8 Å². The molecule has 0 nitrogen and oxygen atoms in total. The van der Waals surface area contributed by atoms with Crippen LogP contribution in [0.2, 0.25) is 39.3 Å². The number of rotatable bonds is 0. The van der Waals surface area contributed by atoms with Crippen molar-refractivity contribution in [2.75, 3.05) is 0 Å². The van der Waals surface area contributed by atoms with E-state index in [9.17, 15) is 4.11 Å². The predicted molar refractivity (Wildman–Crippen MR) is 127 cm³/mol. The average Bonchev–Trinajstić information content (AvgIpc) is 3.02. The smallest absolute Gasteiger partial charge is 0.237 e. The molecular weight excluding hydrogens is 515 g/mol. The van der Waals surface area contributed by atoms with E-state index >= 15 is 0 Å². The Kier molecular flexibility index (Phi) is 11.5. The molecule has 0 atom stereocenters. The van der Waals surface area contributed by atoms with Crippen molar-refractivity contribution in [3.63, 3.8) is 0 Å². The fourth-order valence-electron chi connectivity index (χ4n) is 1.01. The van der Waals surface area contributed by atoms with Crippen LogP contribution in [0.3, 0.4) is 0 Å². The van der Waals surface area contributed by atoms with E-state index in [1.165, 1.54) is 0 Å². The van der Waals surface area contributed by atoms with E-state index in [0.717, 1.165) is 20.1 Å². The molecular formula is C18H23Br2FS2Si2. The van der Waals surface area contributed by atoms with Crippen molar-refractivity contribution < 1.29 is 4.11 Å². The SMILES string of the molecule is C#Cc1cscc1Br.C[Si](C)(C)C#Cc1cscc1Br.C[Si](C)(C)F. The quantitative estimate of drug-likeness (QED) is 0.181. The molecule has 0 saturated heterocycles. The summed E-state index contributed by atoms with van der Waals surface area (Å²) >= 11 is 10.0. The maximum Gasteiger partial charge on any atom is 0.237 e. The lowest BCUT2D eigenvalue weighted by atomic mass is 10.4. The molecule has 0 bridgehead atoms. The van der Waals surface area contributed by atoms with Gasteiger partial charge in [0.15, 0.2) is 0 Å². The predicted octanol–water partition coefficient (Wildman–Crippen LogP) is 8.02. The summed E-state index contributed by atoms with van der Waals surface area (Å²) < 4.78 is 14.0. The van der Waals surface area contributed by atoms with E-state index in [4.69, 9.17) is 6.42 Å². The molecule has 7 heteroatoms. The van der Waals surface area contributed by atoms with E-state index in [-0.39, 0.29) is 0 Å². The second-order valence-electron chi connectivity index (χ2n) is 6.98. The molecule has 2 heterocycles. The monoisotopic (exact) mass is 536 g/mol. The lowest BCUT2D eigenvalue weighted by Crippen LogP contribution is -2.16. The summed E-state index contributed by atoms with van der Waals surface area (Å²) in [4.78, 5) is 0. The number of terminal acetylenes is 1. The fourth-order valence-corrected chi connectivity index (χ4v) is 4.19. The van der Waals surface area contributed by atoms with E-state index < -0.39 is 16.5 Å². The summed E-state index contributed by atoms with van der Waals surface area (Å²) in [5, 5.41) is 8.05. The third-order valence-electron chi connectivity index (χ3n) is 1.96. The van der Waals surface area contributed by atoms with Crippen molar-refractivity contribution in [1.29, 1.82) is 0 Å². The first-order chi connectivity index (χ1) is 11.3. The van der Waals surface area contributed by atoms with Gasteiger partial charge in [-0.05, 0) is 51.5 Å². The second-order valence-corrected chi connectivity index (χ2v) is 19.1. The highest BCUT2D eigenvalue weighted by Gasteiger charge is 2.08. The Balaban J connectivity index is 0.000000382. The average molecular weight is 538 g/mol. The zero-order chi connectivity index (χ0) is 19.7. The van der Waals surface area contributed by atoms with E-state index in [2.05, 4.69) is 79.6 Å². The summed E-state index contributed by atoms with van der Waals surface area (Å²) in [6.07, 6.45) is 5.12. The fraction of sp³-hybridized carbons (Fsp3) is 0.333. The third kappa shape index (κ3) is 14.7. The lowest BCUT2D eigenvalue weighted by Gasteiger charge is -2.02. The highest BCUT2D eigenvalue weighted by molar-refractivity contribution is 9.10. The normalized spacial score (nSPS) is 10.2. The van der Waals surface area contributed by atoms with Crippen LogP contribution in [-0.4, -0.2) is 16.5 Å². The van der Waals surface area contributed by atoms with Crippen molar-refractivity contribution in [1.82, 2.24) is 0 Å². The minimum Gasteiger partial charge on any atom is -0.315 e. The first-order valence-corrected chi connectivity index (χ1v) is 17.8. The number of thiophene rings is 2. The van der Waals surface area contributed by atoms with E-state index in [1.54, 1.807) is 42.3 Å².